The van der Waals surface area contributed by atoms with Crippen LogP contribution in [0, 0.1) is 0 Å². The molecular formula is C8H18I6Si3. The molecule has 0 rings (SSSR count). The van der Waals surface area contributed by atoms with Crippen molar-refractivity contribution in [3.63, 3.8) is 0 Å². The van der Waals surface area contributed by atoms with Crippen LogP contribution in [0.5, 0.6) is 0 Å². The molecule has 104 valence electrons. The number of hydrogen-bond acceptors (Lipinski definition) is 0. The van der Waals surface area contributed by atoms with Gasteiger partial charge in [-0.1, -0.05) is 107 Å². The maximum Gasteiger partial charge on any atom is 0.253 e. The van der Waals surface area contributed by atoms with Crippen LogP contribution in [0.4, 0.5) is 0 Å². The first-order valence-corrected chi connectivity index (χ1v) is 31.8. The lowest BCUT2D eigenvalue weighted by molar-refractivity contribution is 0.735. The van der Waals surface area contributed by atoms with Crippen LogP contribution in [0.25, 0.3) is 0 Å². The lowest BCUT2D eigenvalue weighted by Crippen LogP contribution is -2.69. The van der Waals surface area contributed by atoms with Gasteiger partial charge in [-0.15, -0.1) is 65.4 Å². The molecule has 0 saturated heterocycles. The van der Waals surface area contributed by atoms with E-state index >= 15 is 0 Å². The van der Waals surface area contributed by atoms with E-state index in [4.69, 9.17) is 0 Å². The second-order valence-corrected chi connectivity index (χ2v) is 98.5. The molecule has 0 nitrogen and oxygen atoms in total. The minimum Gasteiger partial charge on any atom is -0.120 e. The molecule has 0 aromatic heterocycles. The summed E-state index contributed by atoms with van der Waals surface area (Å²) in [5.41, 5.74) is 0. The molecule has 1 unspecified atom stereocenters. The van der Waals surface area contributed by atoms with Gasteiger partial charge in [-0.3, -0.25) is 0 Å². The fourth-order valence-corrected chi connectivity index (χ4v) is 203. The maximum absolute atomic E-state index is 2.98. The number of rotatable bonds is 2. The van der Waals surface area contributed by atoms with Crippen molar-refractivity contribution in [3.8, 4) is 0 Å². The van der Waals surface area contributed by atoms with Crippen molar-refractivity contribution in [1.29, 1.82) is 0 Å². The Labute approximate surface area is 185 Å². The Bertz CT molecular complexity index is 271. The Morgan fingerprint density at radius 1 is 0.588 bits per heavy atom. The average Bonchev–Trinajstić information content (AvgIpc) is 1.95. The highest BCUT2D eigenvalue weighted by atomic mass is 127. The van der Waals surface area contributed by atoms with E-state index in [9.17, 15) is 0 Å². The van der Waals surface area contributed by atoms with Gasteiger partial charge in [0.25, 0.3) is 0.0813 Å². The third-order valence-corrected chi connectivity index (χ3v) is 162. The Morgan fingerprint density at radius 2 is 0.882 bits per heavy atom. The second-order valence-electron chi connectivity index (χ2n) is 6.23. The first-order valence-electron chi connectivity index (χ1n) is 5.13. The van der Waals surface area contributed by atoms with Crippen LogP contribution in [0.1, 0.15) is 41.5 Å². The molecule has 0 aliphatic rings. The van der Waals surface area contributed by atoms with Crippen molar-refractivity contribution in [2.45, 2.75) is 51.6 Å². The topological polar surface area (TPSA) is 0 Å². The number of hydrogen-bond donors (Lipinski definition) is 0. The summed E-state index contributed by atoms with van der Waals surface area (Å²) in [6.45, 7) is 14.9. The summed E-state index contributed by atoms with van der Waals surface area (Å²) in [4.78, 5) is 0. The third kappa shape index (κ3) is 4.52. The minimum absolute atomic E-state index is 0.481. The highest BCUT2D eigenvalue weighted by Crippen LogP contribution is 2.66. The second kappa shape index (κ2) is 6.88. The van der Waals surface area contributed by atoms with E-state index in [0.717, 1.165) is 0 Å². The van der Waals surface area contributed by atoms with Gasteiger partial charge in [0, 0.05) is 0 Å². The van der Waals surface area contributed by atoms with E-state index in [2.05, 4.69) is 172 Å². The predicted octanol–water partition coefficient (Wildman–Crippen LogP) is 7.68. The van der Waals surface area contributed by atoms with Crippen molar-refractivity contribution in [2.24, 2.45) is 0 Å². The summed E-state index contributed by atoms with van der Waals surface area (Å²) >= 11 is 17.3. The van der Waals surface area contributed by atoms with E-state index in [1.165, 1.54) is 0 Å². The standard InChI is InChI=1S/C8H18I6Si3/c1-7(2,3)15(9,10)16(11,8(4,5)6)17(12,13)14/h1-6H3. The van der Waals surface area contributed by atoms with Crippen molar-refractivity contribution in [1.82, 2.24) is 0 Å². The van der Waals surface area contributed by atoms with Crippen LogP contribution in [0.15, 0.2) is 0 Å². The summed E-state index contributed by atoms with van der Waals surface area (Å²) < 4.78 is -3.87. The van der Waals surface area contributed by atoms with Gasteiger partial charge in [-0.05, 0) is 10.1 Å². The van der Waals surface area contributed by atoms with Crippen LogP contribution >= 0.6 is 131 Å². The molecule has 17 heavy (non-hydrogen) atoms. The van der Waals surface area contributed by atoms with E-state index in [1.54, 1.807) is 0 Å². The van der Waals surface area contributed by atoms with E-state index < -0.39 is 7.27 Å². The number of halogens is 6. The van der Waals surface area contributed by atoms with Crippen LogP contribution in [-0.4, -0.2) is 7.27 Å². The zero-order valence-electron chi connectivity index (χ0n) is 10.8. The largest absolute Gasteiger partial charge is 0.253 e. The monoisotopic (exact) mass is 959 g/mol. The fourth-order valence-electron chi connectivity index (χ4n) is 1.59. The molecular weight excluding hydrogens is 942 g/mol. The molecule has 0 radical (unpaired) electrons. The Kier molecular flexibility index (Phi) is 8.91. The van der Waals surface area contributed by atoms with E-state index in [0.29, 0.717) is 10.1 Å². The van der Waals surface area contributed by atoms with Crippen LogP contribution < -0.4 is 0 Å². The molecule has 0 N–H and O–H groups in total. The molecule has 0 aromatic rings. The van der Waals surface area contributed by atoms with Crippen molar-refractivity contribution >= 4 is 138 Å². The van der Waals surface area contributed by atoms with Crippen LogP contribution in [-0.2, 0) is 0 Å². The summed E-state index contributed by atoms with van der Waals surface area (Å²) in [5.74, 6) is 0. The molecule has 9 heteroatoms. The zero-order valence-corrected chi connectivity index (χ0v) is 26.7. The highest BCUT2D eigenvalue weighted by molar-refractivity contribution is 14.4. The lowest BCUT2D eigenvalue weighted by atomic mass is 10.2. The minimum atomic E-state index is -1.33. The highest BCUT2D eigenvalue weighted by Gasteiger charge is 2.71. The molecule has 0 aliphatic carbocycles. The van der Waals surface area contributed by atoms with Gasteiger partial charge in [0.05, 0.1) is 0 Å². The average molecular weight is 960 g/mol. The molecule has 0 aliphatic heterocycles. The molecule has 0 aromatic carbocycles. The molecule has 0 fully saturated rings. The smallest absolute Gasteiger partial charge is 0.120 e. The Hall–Kier alpha value is 5.03. The Morgan fingerprint density at radius 3 is 0.941 bits per heavy atom. The SMILES string of the molecule is CC(C)(C)[Si](I)(I)[Si](I)(C(C)(C)C)[Si](I)(I)I. The van der Waals surface area contributed by atoms with Crippen LogP contribution in [0.2, 0.25) is 10.1 Å². The van der Waals surface area contributed by atoms with Crippen molar-refractivity contribution < 1.29 is 0 Å². The van der Waals surface area contributed by atoms with Gasteiger partial charge >= 0.3 is 0 Å². The van der Waals surface area contributed by atoms with Gasteiger partial charge in [-0.2, -0.15) is 0 Å². The molecule has 0 heterocycles. The van der Waals surface area contributed by atoms with Gasteiger partial charge in [-0.25, -0.2) is 0 Å². The first-order chi connectivity index (χ1) is 7.00. The lowest BCUT2D eigenvalue weighted by Gasteiger charge is -2.53. The fraction of sp³-hybridized carbons (Fsp3) is 1.00. The van der Waals surface area contributed by atoms with Crippen molar-refractivity contribution in [2.75, 3.05) is 0 Å². The summed E-state index contributed by atoms with van der Waals surface area (Å²) in [7, 11) is 0. The van der Waals surface area contributed by atoms with Gasteiger partial charge in [0.2, 0.25) is 0 Å². The summed E-state index contributed by atoms with van der Waals surface area (Å²) in [6, 6.07) is 0. The molecule has 1 atom stereocenters. The normalized spacial score (nSPS) is 19.1. The summed E-state index contributed by atoms with van der Waals surface area (Å²) in [6.07, 6.45) is 0. The summed E-state index contributed by atoms with van der Waals surface area (Å²) in [5, 5.41) is 0.972. The van der Waals surface area contributed by atoms with Crippen molar-refractivity contribution in [3.05, 3.63) is 0 Å². The van der Waals surface area contributed by atoms with Gasteiger partial charge in [0.15, 0.2) is 7.19 Å². The van der Waals surface area contributed by atoms with E-state index in [1.807, 2.05) is 0 Å². The van der Waals surface area contributed by atoms with E-state index in [-0.39, 0.29) is 0 Å². The predicted molar refractivity (Wildman–Crippen MR) is 141 cm³/mol. The van der Waals surface area contributed by atoms with Crippen LogP contribution in [0.3, 0.4) is 0 Å². The quantitative estimate of drug-likeness (QED) is 0.152. The zero-order chi connectivity index (χ0) is 14.5. The van der Waals surface area contributed by atoms with Gasteiger partial charge in [0.1, 0.15) is 0 Å². The maximum atomic E-state index is 2.98. The van der Waals surface area contributed by atoms with Gasteiger partial charge < -0.3 is 0 Å². The third-order valence-electron chi connectivity index (χ3n) is 2.80. The Balaban J connectivity index is 6.04. The molecule has 0 bridgehead atoms. The molecule has 0 spiro atoms. The molecule has 0 amide bonds. The first kappa shape index (κ1) is 22.0. The molecule has 0 saturated carbocycles.